The summed E-state index contributed by atoms with van der Waals surface area (Å²) in [5.41, 5.74) is -0.0342. The number of benzene rings is 1. The maximum Gasteiger partial charge on any atom is 0.326 e. The molecule has 1 aromatic rings. The Morgan fingerprint density at radius 3 is 1.23 bits per heavy atom. The van der Waals surface area contributed by atoms with Gasteiger partial charge in [0.1, 0.15) is 36.3 Å². The lowest BCUT2D eigenvalue weighted by Crippen LogP contribution is -2.58. The van der Waals surface area contributed by atoms with Crippen molar-refractivity contribution in [3.8, 4) is 0 Å². The number of carbonyl (C=O) groups is 16. The standard InChI is InChI=1S/C63H99FN12O25Si/c1-62(2,3)102(64,63(4,5)6)39-14-12-38(13-15-39)54(89)70-44(34-67-48(79)20-18-45(60(99)100)76-32-30-74(36-52(85)86)28-26-73(35-51(83)84)27-29-75(31-33-76)37-53(87)88)55(90)69-41(57(93)94)10-7-8-24-65-46(77)21-22-47(78)66-25-9-11-40(56(91)92)68-49(80)19-16-42(58(95)96)71-61(101)72-43(59(97)98)17-23-50(81)82/h12-15,40-45H,7-11,16-37H2,1-6H3,(H,65,77)(H,66,78)(H,67,79)(H,68,80)(H,69,90)(H,70,89)(H,81,82)(H,83,84)(H,85,86)(H,87,88)(H,91,92)(H,93,94)(H,95,96)(H,97,98)(H,99,100)(H2,71,72,101)/t40-,41-,42-,43-,44+,45-/m0/s1. The minimum atomic E-state index is -3.81. The van der Waals surface area contributed by atoms with E-state index in [-0.39, 0.29) is 122 Å². The Morgan fingerprint density at radius 1 is 0.412 bits per heavy atom. The maximum atomic E-state index is 17.2. The zero-order valence-electron chi connectivity index (χ0n) is 58.1. The van der Waals surface area contributed by atoms with Crippen LogP contribution in [-0.4, -0.2) is 297 Å². The summed E-state index contributed by atoms with van der Waals surface area (Å²) in [5.74, 6) is -17.4. The van der Waals surface area contributed by atoms with E-state index in [0.717, 1.165) is 0 Å². The summed E-state index contributed by atoms with van der Waals surface area (Å²) >= 11 is 0. The second-order valence-electron chi connectivity index (χ2n) is 26.6. The summed E-state index contributed by atoms with van der Waals surface area (Å²) in [6.45, 7) is 8.55. The summed E-state index contributed by atoms with van der Waals surface area (Å²) in [4.78, 5) is 204. The molecule has 0 radical (unpaired) electrons. The Hall–Kier alpha value is -9.47. The molecule has 0 spiro atoms. The van der Waals surface area contributed by atoms with E-state index < -0.39 is 208 Å². The third-order valence-electron chi connectivity index (χ3n) is 16.6. The number of amides is 8. The van der Waals surface area contributed by atoms with Crippen molar-refractivity contribution in [1.29, 1.82) is 0 Å². The van der Waals surface area contributed by atoms with Crippen LogP contribution in [0.4, 0.5) is 8.90 Å². The molecule has 39 heteroatoms. The topological polar surface area (TPSA) is 564 Å². The average molecular weight is 1470 g/mol. The largest absolute Gasteiger partial charge is 0.481 e. The summed E-state index contributed by atoms with van der Waals surface area (Å²) in [6.07, 6.45) is -4.07. The molecule has 1 aliphatic heterocycles. The first-order valence-corrected chi connectivity index (χ1v) is 34.9. The van der Waals surface area contributed by atoms with E-state index >= 15 is 4.11 Å². The van der Waals surface area contributed by atoms with Crippen molar-refractivity contribution in [3.63, 3.8) is 0 Å². The molecule has 0 unspecified atom stereocenters. The number of nitrogens with zero attached hydrogens (tertiary/aromatic N) is 4. The number of nitrogens with one attached hydrogen (secondary N) is 8. The van der Waals surface area contributed by atoms with Crippen LogP contribution in [0.2, 0.25) is 10.1 Å². The fraction of sp³-hybridized carbons (Fsp3) is 0.651. The van der Waals surface area contributed by atoms with E-state index in [4.69, 9.17) is 5.11 Å². The van der Waals surface area contributed by atoms with E-state index in [1.165, 1.54) is 43.9 Å². The minimum Gasteiger partial charge on any atom is -0.481 e. The molecule has 1 saturated heterocycles. The van der Waals surface area contributed by atoms with Crippen LogP contribution in [-0.2, 0) is 67.1 Å². The molecule has 1 heterocycles. The molecule has 102 heavy (non-hydrogen) atoms. The number of carboxylic acid groups (broad SMARTS) is 9. The Balaban J connectivity index is 2.13. The lowest BCUT2D eigenvalue weighted by atomic mass is 10.1. The van der Waals surface area contributed by atoms with Crippen LogP contribution in [0.15, 0.2) is 24.3 Å². The molecule has 0 bridgehead atoms. The highest BCUT2D eigenvalue weighted by atomic mass is 28.4. The van der Waals surface area contributed by atoms with Gasteiger partial charge in [0.2, 0.25) is 29.5 Å². The van der Waals surface area contributed by atoms with Crippen LogP contribution in [0, 0.1) is 0 Å². The van der Waals surface area contributed by atoms with Crippen molar-refractivity contribution in [2.24, 2.45) is 0 Å². The maximum absolute atomic E-state index is 17.2. The number of carbonyl (C=O) groups excluding carboxylic acids is 7. The monoisotopic (exact) mass is 1470 g/mol. The number of hydrogen-bond acceptors (Lipinski definition) is 20. The van der Waals surface area contributed by atoms with Gasteiger partial charge < -0.3 is 92.6 Å². The first-order valence-electron chi connectivity index (χ1n) is 33.0. The molecule has 572 valence electrons. The van der Waals surface area contributed by atoms with Gasteiger partial charge in [0.25, 0.3) is 14.3 Å². The van der Waals surface area contributed by atoms with Gasteiger partial charge in [-0.3, -0.25) is 72.3 Å². The predicted molar refractivity (Wildman–Crippen MR) is 359 cm³/mol. The van der Waals surface area contributed by atoms with Gasteiger partial charge in [-0.2, -0.15) is 0 Å². The van der Waals surface area contributed by atoms with Crippen molar-refractivity contribution < 1.29 is 127 Å². The smallest absolute Gasteiger partial charge is 0.326 e. The van der Waals surface area contributed by atoms with Gasteiger partial charge in [-0.1, -0.05) is 53.7 Å². The number of aliphatic carboxylic acids is 9. The van der Waals surface area contributed by atoms with Gasteiger partial charge >= 0.3 is 59.8 Å². The third kappa shape index (κ3) is 32.9. The number of urea groups is 1. The molecular weight excluding hydrogens is 1370 g/mol. The zero-order valence-corrected chi connectivity index (χ0v) is 59.1. The molecule has 6 atom stereocenters. The molecular formula is C63H99FN12O25Si. The molecule has 1 aromatic carbocycles. The van der Waals surface area contributed by atoms with Crippen LogP contribution >= 0.6 is 0 Å². The first-order chi connectivity index (χ1) is 47.5. The van der Waals surface area contributed by atoms with E-state index in [2.05, 4.69) is 31.9 Å². The molecule has 1 fully saturated rings. The van der Waals surface area contributed by atoms with Crippen molar-refractivity contribution in [3.05, 3.63) is 29.8 Å². The summed E-state index contributed by atoms with van der Waals surface area (Å²) in [6, 6.07) is -5.23. The fourth-order valence-corrected chi connectivity index (χ4v) is 16.0. The Morgan fingerprint density at radius 2 is 0.804 bits per heavy atom. The quantitative estimate of drug-likeness (QED) is 0.0197. The van der Waals surface area contributed by atoms with Gasteiger partial charge in [-0.15, -0.1) is 0 Å². The fourth-order valence-electron chi connectivity index (χ4n) is 11.3. The van der Waals surface area contributed by atoms with Crippen LogP contribution in [0.3, 0.4) is 0 Å². The van der Waals surface area contributed by atoms with Crippen LogP contribution in [0.5, 0.6) is 0 Å². The Bertz CT molecular complexity index is 3050. The number of halogens is 1. The van der Waals surface area contributed by atoms with E-state index in [1.54, 1.807) is 41.5 Å². The lowest BCUT2D eigenvalue weighted by molar-refractivity contribution is -0.145. The highest BCUT2D eigenvalue weighted by molar-refractivity contribution is 6.90. The second kappa shape index (κ2) is 43.4. The van der Waals surface area contributed by atoms with Gasteiger partial charge in [-0.25, -0.2) is 24.0 Å². The minimum absolute atomic E-state index is 0.000572. The Labute approximate surface area is 588 Å². The molecule has 17 N–H and O–H groups in total. The molecule has 0 aliphatic carbocycles. The third-order valence-corrected chi connectivity index (χ3v) is 21.9. The van der Waals surface area contributed by atoms with Crippen molar-refractivity contribution >= 4 is 109 Å². The van der Waals surface area contributed by atoms with Crippen LogP contribution < -0.4 is 47.7 Å². The number of hydrogen-bond donors (Lipinski definition) is 17. The van der Waals surface area contributed by atoms with E-state index in [1.807, 2.05) is 10.6 Å². The zero-order chi connectivity index (χ0) is 77.2. The predicted octanol–water partition coefficient (Wildman–Crippen LogP) is -1.72. The molecule has 8 amide bonds. The summed E-state index contributed by atoms with van der Waals surface area (Å²) < 4.78 is 17.2. The molecule has 1 aliphatic rings. The second-order valence-corrected chi connectivity index (χ2v) is 31.5. The Kier molecular flexibility index (Phi) is 37.7. The summed E-state index contributed by atoms with van der Waals surface area (Å²) in [7, 11) is -3.81. The molecule has 0 aromatic heterocycles. The van der Waals surface area contributed by atoms with Crippen molar-refractivity contribution in [2.45, 2.75) is 171 Å². The average Bonchev–Trinajstić information content (AvgIpc) is 0.748. The van der Waals surface area contributed by atoms with Gasteiger partial charge in [-0.05, 0) is 78.8 Å². The normalized spacial score (nSPS) is 15.6. The first kappa shape index (κ1) is 88.6. The molecule has 37 nitrogen and oxygen atoms in total. The highest BCUT2D eigenvalue weighted by Crippen LogP contribution is 2.51. The highest BCUT2D eigenvalue weighted by Gasteiger charge is 2.56. The van der Waals surface area contributed by atoms with Crippen molar-refractivity contribution in [2.75, 3.05) is 91.6 Å². The van der Waals surface area contributed by atoms with Crippen molar-refractivity contribution in [1.82, 2.24) is 62.1 Å². The molecule has 0 saturated carbocycles. The van der Waals surface area contributed by atoms with Gasteiger partial charge in [0.15, 0.2) is 0 Å². The number of carboxylic acids is 9. The SMILES string of the molecule is CC(C)(C)[Si](F)(c1ccc(C(=O)N[C@H](CNC(=O)CC[C@@H](C(=O)O)N2CCN(CC(=O)O)CCN(CC(=O)O)CCN(CC(=O)O)CC2)C(=O)N[C@@H](CCCCNC(=O)CCC(=O)NCCC[C@H](NC(=O)CC[C@H](NC(=O)N[C@@H](CCC(=O)O)C(=O)O)C(=O)O)C(=O)O)C(=O)O)cc1)C(C)(C)C. The summed E-state index contributed by atoms with van der Waals surface area (Å²) in [5, 5.41) is 104. The van der Waals surface area contributed by atoms with E-state index in [0.29, 0.717) is 5.19 Å². The van der Waals surface area contributed by atoms with Gasteiger partial charge in [0.05, 0.1) is 19.6 Å². The van der Waals surface area contributed by atoms with Gasteiger partial charge in [0, 0.05) is 110 Å². The molecule has 2 rings (SSSR count). The van der Waals surface area contributed by atoms with Crippen LogP contribution in [0.25, 0.3) is 0 Å². The number of unbranched alkanes of at least 4 members (excludes halogenated alkanes) is 1. The van der Waals surface area contributed by atoms with E-state index in [9.17, 15) is 118 Å². The number of rotatable bonds is 43. The van der Waals surface area contributed by atoms with Crippen LogP contribution in [0.1, 0.15) is 135 Å². The lowest BCUT2D eigenvalue weighted by Gasteiger charge is -2.44.